The number of hydrogen-bond donors (Lipinski definition) is 2. The number of hydrazine groups is 1. The molecule has 1 heterocycles. The number of nitrogens with one attached hydrogen (secondary N) is 1. The molecule has 0 aliphatic heterocycles. The van der Waals surface area contributed by atoms with Crippen LogP contribution in [0.4, 0.5) is 5.82 Å². The molecule has 0 saturated carbocycles. The number of ether oxygens (including phenoxy) is 1. The van der Waals surface area contributed by atoms with E-state index in [9.17, 15) is 0 Å². The summed E-state index contributed by atoms with van der Waals surface area (Å²) in [6.45, 7) is 6.26. The zero-order valence-electron chi connectivity index (χ0n) is 11.2. The van der Waals surface area contributed by atoms with Crippen LogP contribution in [0, 0.1) is 6.92 Å². The summed E-state index contributed by atoms with van der Waals surface area (Å²) in [5.41, 5.74) is 5.82. The second kappa shape index (κ2) is 4.82. The van der Waals surface area contributed by atoms with Crippen molar-refractivity contribution in [3.8, 4) is 5.75 Å². The topological polar surface area (TPSA) is 60.2 Å². The van der Waals surface area contributed by atoms with Gasteiger partial charge >= 0.3 is 0 Å². The molecule has 0 saturated heterocycles. The summed E-state index contributed by atoms with van der Waals surface area (Å²) in [4.78, 5) is 4.60. The number of nitrogens with two attached hydrogens (primary N) is 1. The molecule has 1 aromatic carbocycles. The Bertz CT molecular complexity index is 579. The third-order valence-corrected chi connectivity index (χ3v) is 3.11. The number of rotatable bonds is 3. The average Bonchev–Trinajstić information content (AvgIpc) is 2.37. The molecular formula is C14H19N3O. The summed E-state index contributed by atoms with van der Waals surface area (Å²) in [6, 6.07) is 6.10. The first-order valence-electron chi connectivity index (χ1n) is 6.02. The molecule has 2 aromatic rings. The number of nitrogen functional groups attached to an aromatic ring is 1. The first-order chi connectivity index (χ1) is 8.56. The minimum Gasteiger partial charge on any atom is -0.497 e. The molecule has 1 aromatic heterocycles. The Labute approximate surface area is 107 Å². The summed E-state index contributed by atoms with van der Waals surface area (Å²) in [5.74, 6) is 7.50. The highest BCUT2D eigenvalue weighted by molar-refractivity contribution is 5.86. The third kappa shape index (κ3) is 2.11. The van der Waals surface area contributed by atoms with Gasteiger partial charge in [-0.2, -0.15) is 0 Å². The number of nitrogens with zero attached hydrogens (tertiary/aromatic N) is 1. The van der Waals surface area contributed by atoms with Crippen molar-refractivity contribution in [3.05, 3.63) is 29.3 Å². The molecule has 2 rings (SSSR count). The van der Waals surface area contributed by atoms with Crippen molar-refractivity contribution >= 4 is 16.7 Å². The Balaban J connectivity index is 2.74. The fourth-order valence-electron chi connectivity index (χ4n) is 2.12. The molecule has 0 unspecified atom stereocenters. The number of anilines is 1. The van der Waals surface area contributed by atoms with Crippen molar-refractivity contribution in [1.82, 2.24) is 4.98 Å². The quantitative estimate of drug-likeness (QED) is 0.644. The second-order valence-electron chi connectivity index (χ2n) is 4.74. The highest BCUT2D eigenvalue weighted by Gasteiger charge is 2.11. The fraction of sp³-hybridized carbons (Fsp3) is 0.357. The standard InChI is InChI=1S/C14H19N3O/c1-8(2)12-7-10-6-11(18-4)5-9(3)13(10)16-14(12)17-15/h5-8H,15H2,1-4H3,(H,16,17). The lowest BCUT2D eigenvalue weighted by Gasteiger charge is -2.14. The molecule has 96 valence electrons. The van der Waals surface area contributed by atoms with E-state index in [1.165, 1.54) is 0 Å². The van der Waals surface area contributed by atoms with Crippen LogP contribution in [0.1, 0.15) is 30.9 Å². The molecule has 0 spiro atoms. The van der Waals surface area contributed by atoms with E-state index in [-0.39, 0.29) is 0 Å². The van der Waals surface area contributed by atoms with Gasteiger partial charge in [0.25, 0.3) is 0 Å². The van der Waals surface area contributed by atoms with E-state index in [0.717, 1.165) is 33.6 Å². The van der Waals surface area contributed by atoms with Crippen LogP contribution in [0.15, 0.2) is 18.2 Å². The van der Waals surface area contributed by atoms with Crippen LogP contribution in [-0.2, 0) is 0 Å². The van der Waals surface area contributed by atoms with Crippen molar-refractivity contribution in [1.29, 1.82) is 0 Å². The highest BCUT2D eigenvalue weighted by atomic mass is 16.5. The van der Waals surface area contributed by atoms with Crippen LogP contribution in [-0.4, -0.2) is 12.1 Å². The van der Waals surface area contributed by atoms with Gasteiger partial charge in [-0.05, 0) is 42.2 Å². The van der Waals surface area contributed by atoms with Gasteiger partial charge in [0.05, 0.1) is 12.6 Å². The van der Waals surface area contributed by atoms with E-state index in [4.69, 9.17) is 10.6 Å². The van der Waals surface area contributed by atoms with Crippen molar-refractivity contribution < 1.29 is 4.74 Å². The zero-order chi connectivity index (χ0) is 13.3. The van der Waals surface area contributed by atoms with Gasteiger partial charge in [-0.25, -0.2) is 10.8 Å². The molecule has 0 radical (unpaired) electrons. The van der Waals surface area contributed by atoms with Gasteiger partial charge in [0, 0.05) is 5.39 Å². The Kier molecular flexibility index (Phi) is 3.39. The molecule has 0 amide bonds. The van der Waals surface area contributed by atoms with E-state index < -0.39 is 0 Å². The second-order valence-corrected chi connectivity index (χ2v) is 4.74. The molecule has 0 fully saturated rings. The Hall–Kier alpha value is -1.81. The van der Waals surface area contributed by atoms with E-state index in [2.05, 4.69) is 30.3 Å². The summed E-state index contributed by atoms with van der Waals surface area (Å²) >= 11 is 0. The van der Waals surface area contributed by atoms with Crippen LogP contribution < -0.4 is 16.0 Å². The molecule has 0 atom stereocenters. The lowest BCUT2D eigenvalue weighted by atomic mass is 10.0. The molecule has 4 nitrogen and oxygen atoms in total. The Morgan fingerprint density at radius 2 is 2.00 bits per heavy atom. The van der Waals surface area contributed by atoms with Gasteiger partial charge in [0.15, 0.2) is 0 Å². The largest absolute Gasteiger partial charge is 0.497 e. The molecule has 3 N–H and O–H groups in total. The number of pyridine rings is 1. The summed E-state index contributed by atoms with van der Waals surface area (Å²) in [7, 11) is 1.67. The van der Waals surface area contributed by atoms with Gasteiger partial charge in [0.2, 0.25) is 0 Å². The molecule has 0 aliphatic carbocycles. The van der Waals surface area contributed by atoms with Gasteiger partial charge in [-0.3, -0.25) is 0 Å². The van der Waals surface area contributed by atoms with Crippen LogP contribution >= 0.6 is 0 Å². The van der Waals surface area contributed by atoms with Gasteiger partial charge in [-0.15, -0.1) is 0 Å². The first kappa shape index (κ1) is 12.6. The minimum absolute atomic E-state index is 0.361. The van der Waals surface area contributed by atoms with Gasteiger partial charge < -0.3 is 10.2 Å². The monoisotopic (exact) mass is 245 g/mol. The van der Waals surface area contributed by atoms with Crippen molar-refractivity contribution in [3.63, 3.8) is 0 Å². The zero-order valence-corrected chi connectivity index (χ0v) is 11.2. The minimum atomic E-state index is 0.361. The number of benzene rings is 1. The van der Waals surface area contributed by atoms with Gasteiger partial charge in [-0.1, -0.05) is 13.8 Å². The maximum absolute atomic E-state index is 5.55. The highest BCUT2D eigenvalue weighted by Crippen LogP contribution is 2.30. The maximum Gasteiger partial charge on any atom is 0.144 e. The summed E-state index contributed by atoms with van der Waals surface area (Å²) in [5, 5.41) is 1.08. The smallest absolute Gasteiger partial charge is 0.144 e. The lowest BCUT2D eigenvalue weighted by molar-refractivity contribution is 0.415. The fourth-order valence-corrected chi connectivity index (χ4v) is 2.12. The Morgan fingerprint density at radius 3 is 2.56 bits per heavy atom. The SMILES string of the molecule is COc1cc(C)c2nc(NN)c(C(C)C)cc2c1. The van der Waals surface area contributed by atoms with Crippen molar-refractivity contribution in [2.24, 2.45) is 5.84 Å². The predicted octanol–water partition coefficient (Wildman–Crippen LogP) is 2.96. The van der Waals surface area contributed by atoms with Crippen LogP contribution in [0.25, 0.3) is 10.9 Å². The lowest BCUT2D eigenvalue weighted by Crippen LogP contribution is -2.12. The molecule has 4 heteroatoms. The number of fused-ring (bicyclic) bond motifs is 1. The van der Waals surface area contributed by atoms with Gasteiger partial charge in [0.1, 0.15) is 11.6 Å². The van der Waals surface area contributed by atoms with E-state index in [1.807, 2.05) is 19.1 Å². The number of aromatic nitrogens is 1. The van der Waals surface area contributed by atoms with Crippen LogP contribution in [0.3, 0.4) is 0 Å². The number of methoxy groups -OCH3 is 1. The first-order valence-corrected chi connectivity index (χ1v) is 6.02. The predicted molar refractivity (Wildman–Crippen MR) is 74.9 cm³/mol. The van der Waals surface area contributed by atoms with Crippen molar-refractivity contribution in [2.45, 2.75) is 26.7 Å². The Morgan fingerprint density at radius 1 is 1.28 bits per heavy atom. The summed E-state index contributed by atoms with van der Waals surface area (Å²) in [6.07, 6.45) is 0. The van der Waals surface area contributed by atoms with Crippen LogP contribution in [0.2, 0.25) is 0 Å². The number of hydrogen-bond acceptors (Lipinski definition) is 4. The normalized spacial score (nSPS) is 11.0. The van der Waals surface area contributed by atoms with E-state index >= 15 is 0 Å². The molecule has 0 aliphatic rings. The van der Waals surface area contributed by atoms with E-state index in [0.29, 0.717) is 5.92 Å². The van der Waals surface area contributed by atoms with Crippen LogP contribution in [0.5, 0.6) is 5.75 Å². The summed E-state index contributed by atoms with van der Waals surface area (Å²) < 4.78 is 5.29. The molecule has 0 bridgehead atoms. The average molecular weight is 245 g/mol. The maximum atomic E-state index is 5.55. The number of aryl methyl sites for hydroxylation is 1. The molecular weight excluding hydrogens is 226 g/mol. The third-order valence-electron chi connectivity index (χ3n) is 3.11. The molecule has 18 heavy (non-hydrogen) atoms. The van der Waals surface area contributed by atoms with Crippen molar-refractivity contribution in [2.75, 3.05) is 12.5 Å². The van der Waals surface area contributed by atoms with E-state index in [1.54, 1.807) is 7.11 Å².